The number of hydrogen-bond donors (Lipinski definition) is 2. The highest BCUT2D eigenvalue weighted by atomic mass is 35.5. The molecule has 16 heteroatoms. The highest BCUT2D eigenvalue weighted by Gasteiger charge is 2.33. The maximum absolute atomic E-state index is 12.6. The first kappa shape index (κ1) is 28.3. The molecule has 0 bridgehead atoms. The van der Waals surface area contributed by atoms with Crippen molar-refractivity contribution in [2.24, 2.45) is 0 Å². The fourth-order valence-electron chi connectivity index (χ4n) is 2.41. The molecule has 0 saturated carbocycles. The van der Waals surface area contributed by atoms with Gasteiger partial charge in [0.1, 0.15) is 11.9 Å². The number of urea groups is 1. The molecule has 0 aliphatic carbocycles. The molecule has 0 aliphatic rings. The molecular weight excluding hydrogens is 559 g/mol. The fourth-order valence-corrected chi connectivity index (χ4v) is 3.35. The molecule has 3 aromatic rings. The van der Waals surface area contributed by atoms with Gasteiger partial charge in [-0.3, -0.25) is 10.1 Å². The van der Waals surface area contributed by atoms with Crippen LogP contribution < -0.4 is 11.1 Å². The molecule has 1 heterocycles. The fraction of sp³-hybridized carbons (Fsp3) is 0.158. The first-order chi connectivity index (χ1) is 16.1. The van der Waals surface area contributed by atoms with Crippen LogP contribution in [0.15, 0.2) is 36.5 Å². The van der Waals surface area contributed by atoms with E-state index < -0.39 is 28.2 Å². The number of carbonyl (C=O) groups is 1. The molecule has 2 amide bonds. The summed E-state index contributed by atoms with van der Waals surface area (Å²) in [6, 6.07) is 5.99. The van der Waals surface area contributed by atoms with E-state index in [9.17, 15) is 28.1 Å². The molecule has 3 rings (SSSR count). The Morgan fingerprint density at radius 3 is 2.09 bits per heavy atom. The van der Waals surface area contributed by atoms with Gasteiger partial charge < -0.3 is 16.0 Å². The van der Waals surface area contributed by atoms with Crippen LogP contribution in [0.25, 0.3) is 5.69 Å². The Labute approximate surface area is 216 Å². The number of nitrogen functional groups attached to an aromatic ring is 1. The third kappa shape index (κ3) is 7.04. The van der Waals surface area contributed by atoms with E-state index in [-0.39, 0.29) is 21.8 Å². The van der Waals surface area contributed by atoms with Crippen LogP contribution in [0.3, 0.4) is 0 Å². The van der Waals surface area contributed by atoms with E-state index in [4.69, 9.17) is 52.1 Å². The summed E-state index contributed by atoms with van der Waals surface area (Å²) in [5.74, 6) is -0.399. The first-order valence-corrected chi connectivity index (χ1v) is 10.6. The number of alkyl halides is 3. The minimum atomic E-state index is -4.63. The van der Waals surface area contributed by atoms with Crippen molar-refractivity contribution in [2.75, 3.05) is 25.1 Å². The van der Waals surface area contributed by atoms with Crippen LogP contribution in [0.2, 0.25) is 20.1 Å². The summed E-state index contributed by atoms with van der Waals surface area (Å²) in [6.45, 7) is 0. The number of amides is 2. The van der Waals surface area contributed by atoms with Crippen LogP contribution in [-0.2, 0) is 6.18 Å². The molecule has 1 aromatic heterocycles. The van der Waals surface area contributed by atoms with E-state index in [0.29, 0.717) is 27.9 Å². The van der Waals surface area contributed by atoms with Gasteiger partial charge in [0, 0.05) is 19.8 Å². The highest BCUT2D eigenvalue weighted by molar-refractivity contribution is 6.42. The number of carbonyl (C=O) groups excluding carboxylic acids is 1. The van der Waals surface area contributed by atoms with Crippen molar-refractivity contribution in [3.63, 3.8) is 0 Å². The quantitative estimate of drug-likeness (QED) is 0.264. The van der Waals surface area contributed by atoms with Gasteiger partial charge in [-0.15, -0.1) is 0 Å². The zero-order valence-corrected chi connectivity index (χ0v) is 20.7. The van der Waals surface area contributed by atoms with Crippen LogP contribution in [0.1, 0.15) is 5.56 Å². The predicted molar refractivity (Wildman–Crippen MR) is 129 cm³/mol. The second kappa shape index (κ2) is 11.2. The van der Waals surface area contributed by atoms with Gasteiger partial charge in [-0.25, -0.2) is 9.48 Å². The van der Waals surface area contributed by atoms with E-state index >= 15 is 0 Å². The molecule has 3 N–H and O–H groups in total. The summed E-state index contributed by atoms with van der Waals surface area (Å²) in [4.78, 5) is 22.6. The normalized spacial score (nSPS) is 10.9. The number of hydrogen-bond acceptors (Lipinski definition) is 5. The molecule has 0 spiro atoms. The van der Waals surface area contributed by atoms with Gasteiger partial charge in [0.2, 0.25) is 5.82 Å². The Morgan fingerprint density at radius 1 is 1.09 bits per heavy atom. The lowest BCUT2D eigenvalue weighted by Crippen LogP contribution is -2.27. The Bertz CT molecular complexity index is 1240. The van der Waals surface area contributed by atoms with Crippen molar-refractivity contribution in [3.05, 3.63) is 72.3 Å². The molecule has 0 fully saturated rings. The number of nitrogens with zero attached hydrogens (tertiary/aromatic N) is 4. The predicted octanol–water partition coefficient (Wildman–Crippen LogP) is 6.78. The van der Waals surface area contributed by atoms with E-state index in [1.807, 2.05) is 0 Å². The zero-order valence-electron chi connectivity index (χ0n) is 17.7. The Morgan fingerprint density at radius 2 is 1.66 bits per heavy atom. The molecular formula is C19H15Cl4F3N6O3. The molecule has 35 heavy (non-hydrogen) atoms. The second-order valence-corrected chi connectivity index (χ2v) is 8.45. The van der Waals surface area contributed by atoms with Crippen molar-refractivity contribution in [1.29, 1.82) is 0 Å². The SMILES string of the molecule is CN(C)C(=O)Nc1ccc(Cl)c(Cl)c1.Nc1c([N+](=O)[O-])cnn1-c1c(Cl)cc(C(F)(F)F)cc1Cl. The highest BCUT2D eigenvalue weighted by Crippen LogP contribution is 2.39. The number of benzene rings is 2. The third-order valence-corrected chi connectivity index (χ3v) is 5.43. The van der Waals surface area contributed by atoms with Crippen LogP contribution >= 0.6 is 46.4 Å². The Balaban J connectivity index is 0.000000269. The largest absolute Gasteiger partial charge is 0.416 e. The summed E-state index contributed by atoms with van der Waals surface area (Å²) in [5, 5.41) is 17.1. The van der Waals surface area contributed by atoms with Crippen LogP contribution in [0.4, 0.5) is 35.2 Å². The monoisotopic (exact) mass is 572 g/mol. The van der Waals surface area contributed by atoms with Crippen molar-refractivity contribution >= 4 is 69.6 Å². The third-order valence-electron chi connectivity index (χ3n) is 4.12. The minimum absolute atomic E-state index is 0.170. The Kier molecular flexibility index (Phi) is 9.06. The van der Waals surface area contributed by atoms with Gasteiger partial charge in [-0.1, -0.05) is 46.4 Å². The molecule has 0 radical (unpaired) electrons. The number of rotatable bonds is 3. The minimum Gasteiger partial charge on any atom is -0.378 e. The summed E-state index contributed by atoms with van der Waals surface area (Å²) >= 11 is 23.0. The van der Waals surface area contributed by atoms with Crippen molar-refractivity contribution in [2.45, 2.75) is 6.18 Å². The molecule has 0 atom stereocenters. The maximum atomic E-state index is 12.6. The summed E-state index contributed by atoms with van der Waals surface area (Å²) < 4.78 is 38.7. The van der Waals surface area contributed by atoms with Gasteiger partial charge in [-0.05, 0) is 30.3 Å². The van der Waals surface area contributed by atoms with Gasteiger partial charge in [-0.2, -0.15) is 18.3 Å². The standard InChI is InChI=1S/C10H5Cl2F3N4O2.C9H10Cl2N2O/c11-5-1-4(10(13,14)15)2-6(12)8(5)18-9(16)7(3-17-18)19(20)21;1-13(2)9(14)12-6-3-4-7(10)8(11)5-6/h1-3H,16H2;3-5H,1-2H3,(H,12,14). The molecule has 0 unspecified atom stereocenters. The van der Waals surface area contributed by atoms with Crippen molar-refractivity contribution < 1.29 is 22.9 Å². The number of nitro groups is 1. The summed E-state index contributed by atoms with van der Waals surface area (Å²) in [7, 11) is 3.32. The van der Waals surface area contributed by atoms with Gasteiger partial charge in [0.15, 0.2) is 0 Å². The van der Waals surface area contributed by atoms with E-state index in [0.717, 1.165) is 10.9 Å². The van der Waals surface area contributed by atoms with Crippen LogP contribution in [-0.4, -0.2) is 39.7 Å². The Hall–Kier alpha value is -2.93. The lowest BCUT2D eigenvalue weighted by molar-refractivity contribution is -0.383. The lowest BCUT2D eigenvalue weighted by Gasteiger charge is -2.12. The van der Waals surface area contributed by atoms with Crippen LogP contribution in [0.5, 0.6) is 0 Å². The smallest absolute Gasteiger partial charge is 0.378 e. The number of aromatic nitrogens is 2. The van der Waals surface area contributed by atoms with Gasteiger partial charge in [0.25, 0.3) is 0 Å². The average Bonchev–Trinajstić information content (AvgIpc) is 3.11. The van der Waals surface area contributed by atoms with Crippen molar-refractivity contribution in [1.82, 2.24) is 14.7 Å². The molecule has 0 saturated heterocycles. The topological polar surface area (TPSA) is 119 Å². The molecule has 188 valence electrons. The van der Waals surface area contributed by atoms with Crippen LogP contribution in [0, 0.1) is 10.1 Å². The first-order valence-electron chi connectivity index (χ1n) is 9.11. The lowest BCUT2D eigenvalue weighted by atomic mass is 10.2. The van der Waals surface area contributed by atoms with Gasteiger partial charge in [0.05, 0.1) is 30.6 Å². The van der Waals surface area contributed by atoms with E-state index in [2.05, 4.69) is 10.4 Å². The summed E-state index contributed by atoms with van der Waals surface area (Å²) in [5.41, 5.74) is 4.40. The van der Waals surface area contributed by atoms with Gasteiger partial charge >= 0.3 is 17.9 Å². The van der Waals surface area contributed by atoms with E-state index in [1.54, 1.807) is 32.3 Å². The van der Waals surface area contributed by atoms with Crippen molar-refractivity contribution in [3.8, 4) is 5.69 Å². The summed E-state index contributed by atoms with van der Waals surface area (Å²) in [6.07, 6.45) is -3.78. The average molecular weight is 574 g/mol. The molecule has 0 aliphatic heterocycles. The maximum Gasteiger partial charge on any atom is 0.416 e. The molecule has 2 aromatic carbocycles. The number of halogens is 7. The number of nitrogens with one attached hydrogen (secondary N) is 1. The molecule has 9 nitrogen and oxygen atoms in total. The number of anilines is 2. The number of nitrogens with two attached hydrogens (primary N) is 1. The van der Waals surface area contributed by atoms with E-state index in [1.165, 1.54) is 4.90 Å². The zero-order chi connectivity index (χ0) is 26.7. The second-order valence-electron chi connectivity index (χ2n) is 6.82.